The topological polar surface area (TPSA) is 125 Å². The highest BCUT2D eigenvalue weighted by Crippen LogP contribution is 2.18. The highest BCUT2D eigenvalue weighted by Gasteiger charge is 2.29. The lowest BCUT2D eigenvalue weighted by Crippen LogP contribution is -2.51. The molecule has 7 heteroatoms. The van der Waals surface area contributed by atoms with Gasteiger partial charge in [0.25, 0.3) is 0 Å². The van der Waals surface area contributed by atoms with E-state index < -0.39 is 29.4 Å². The Balaban J connectivity index is 2.80. The van der Waals surface area contributed by atoms with E-state index >= 15 is 0 Å². The van der Waals surface area contributed by atoms with Crippen molar-refractivity contribution in [2.24, 2.45) is 17.4 Å². The highest BCUT2D eigenvalue weighted by molar-refractivity contribution is 5.85. The van der Waals surface area contributed by atoms with Crippen LogP contribution in [0.1, 0.15) is 46.0 Å². The van der Waals surface area contributed by atoms with Crippen molar-refractivity contribution in [1.29, 1.82) is 0 Å². The second-order valence-electron chi connectivity index (χ2n) is 6.24. The van der Waals surface area contributed by atoms with E-state index in [-0.39, 0.29) is 18.9 Å². The van der Waals surface area contributed by atoms with Gasteiger partial charge in [0.2, 0.25) is 11.8 Å². The Kier molecular flexibility index (Phi) is 6.14. The monoisotopic (exact) mass is 299 g/mol. The fourth-order valence-corrected chi connectivity index (χ4v) is 2.27. The molecule has 0 aliphatic carbocycles. The molecular weight excluding hydrogens is 274 g/mol. The molecule has 1 aliphatic heterocycles. The van der Waals surface area contributed by atoms with Crippen LogP contribution in [0.2, 0.25) is 0 Å². The van der Waals surface area contributed by atoms with Crippen molar-refractivity contribution in [3.63, 3.8) is 0 Å². The molecule has 5 N–H and O–H groups in total. The van der Waals surface area contributed by atoms with Crippen LogP contribution in [0.5, 0.6) is 0 Å². The van der Waals surface area contributed by atoms with Gasteiger partial charge in [-0.05, 0) is 26.7 Å². The predicted molar refractivity (Wildman–Crippen MR) is 76.9 cm³/mol. The second kappa shape index (κ2) is 7.40. The lowest BCUT2D eigenvalue weighted by molar-refractivity contribution is -0.148. The van der Waals surface area contributed by atoms with Crippen LogP contribution in [0.15, 0.2) is 0 Å². The predicted octanol–water partition coefficient (Wildman–Crippen LogP) is -0.183. The minimum Gasteiger partial charge on any atom is -0.462 e. The summed E-state index contributed by atoms with van der Waals surface area (Å²) >= 11 is 0. The van der Waals surface area contributed by atoms with Crippen molar-refractivity contribution >= 4 is 17.8 Å². The molecular formula is C14H25N3O4. The van der Waals surface area contributed by atoms with Gasteiger partial charge in [0, 0.05) is 12.3 Å². The first-order valence-corrected chi connectivity index (χ1v) is 7.24. The number of primary amides is 1. The maximum Gasteiger partial charge on any atom is 0.322 e. The minimum absolute atomic E-state index is 0.0216. The van der Waals surface area contributed by atoms with Crippen molar-refractivity contribution in [3.05, 3.63) is 0 Å². The van der Waals surface area contributed by atoms with Crippen LogP contribution in [0.25, 0.3) is 0 Å². The first kappa shape index (κ1) is 17.4. The number of carbonyl (C=O) groups excluding carboxylic acids is 3. The summed E-state index contributed by atoms with van der Waals surface area (Å²) in [6.45, 7) is 3.53. The van der Waals surface area contributed by atoms with Gasteiger partial charge in [-0.3, -0.25) is 14.4 Å². The molecule has 1 rings (SSSR count). The van der Waals surface area contributed by atoms with Crippen molar-refractivity contribution in [3.8, 4) is 0 Å². The smallest absolute Gasteiger partial charge is 0.322 e. The number of nitrogens with two attached hydrogens (primary N) is 2. The zero-order valence-corrected chi connectivity index (χ0v) is 12.7. The zero-order valence-electron chi connectivity index (χ0n) is 12.7. The largest absolute Gasteiger partial charge is 0.462 e. The Morgan fingerprint density at radius 2 is 1.95 bits per heavy atom. The molecule has 2 amide bonds. The molecule has 21 heavy (non-hydrogen) atoms. The fraction of sp³-hybridized carbons (Fsp3) is 0.786. The maximum absolute atomic E-state index is 12.2. The van der Waals surface area contributed by atoms with Crippen molar-refractivity contribution in [2.45, 2.75) is 57.5 Å². The SMILES string of the molecule is CC1(C)COC(=O)C(N)CCCCC(CC(N)=O)C(=O)N1. The molecule has 2 unspecified atom stereocenters. The Morgan fingerprint density at radius 3 is 2.57 bits per heavy atom. The van der Waals surface area contributed by atoms with Crippen LogP contribution < -0.4 is 16.8 Å². The average Bonchev–Trinajstić information content (AvgIpc) is 2.37. The number of cyclic esters (lactones) is 1. The molecule has 1 heterocycles. The third-order valence-corrected chi connectivity index (χ3v) is 3.48. The van der Waals surface area contributed by atoms with E-state index in [2.05, 4.69) is 5.32 Å². The first-order valence-electron chi connectivity index (χ1n) is 7.24. The van der Waals surface area contributed by atoms with E-state index in [1.807, 2.05) is 0 Å². The molecule has 0 aromatic rings. The zero-order chi connectivity index (χ0) is 16.0. The average molecular weight is 299 g/mol. The van der Waals surface area contributed by atoms with E-state index in [1.54, 1.807) is 13.8 Å². The standard InChI is InChI=1S/C14H25N3O4/c1-14(2)8-21-13(20)10(15)6-4-3-5-9(7-11(16)18)12(19)17-14/h9-10H,3-8,15H2,1-2H3,(H2,16,18)(H,17,19). The van der Waals surface area contributed by atoms with Crippen molar-refractivity contribution in [2.75, 3.05) is 6.61 Å². The van der Waals surface area contributed by atoms with Gasteiger partial charge in [0.1, 0.15) is 12.6 Å². The van der Waals surface area contributed by atoms with Crippen LogP contribution in [-0.4, -0.2) is 36.0 Å². The van der Waals surface area contributed by atoms with E-state index in [9.17, 15) is 14.4 Å². The molecule has 0 aromatic heterocycles. The van der Waals surface area contributed by atoms with Gasteiger partial charge in [0.05, 0.1) is 5.54 Å². The van der Waals surface area contributed by atoms with E-state index in [0.29, 0.717) is 25.7 Å². The van der Waals surface area contributed by atoms with Crippen molar-refractivity contribution in [1.82, 2.24) is 5.32 Å². The number of carbonyl (C=O) groups is 3. The summed E-state index contributed by atoms with van der Waals surface area (Å²) in [5, 5.41) is 2.80. The Morgan fingerprint density at radius 1 is 1.33 bits per heavy atom. The number of amides is 2. The van der Waals surface area contributed by atoms with Crippen LogP contribution in [-0.2, 0) is 19.1 Å². The van der Waals surface area contributed by atoms with E-state index in [1.165, 1.54) is 0 Å². The van der Waals surface area contributed by atoms with Gasteiger partial charge in [-0.1, -0.05) is 12.8 Å². The number of nitrogens with one attached hydrogen (secondary N) is 1. The summed E-state index contributed by atoms with van der Waals surface area (Å²) in [6.07, 6.45) is 2.47. The molecule has 120 valence electrons. The number of esters is 1. The van der Waals surface area contributed by atoms with Gasteiger partial charge in [-0.15, -0.1) is 0 Å². The lowest BCUT2D eigenvalue weighted by Gasteiger charge is -2.29. The molecule has 0 radical (unpaired) electrons. The van der Waals surface area contributed by atoms with Crippen LogP contribution in [0.4, 0.5) is 0 Å². The summed E-state index contributed by atoms with van der Waals surface area (Å²) in [7, 11) is 0. The quantitative estimate of drug-likeness (QED) is 0.610. The highest BCUT2D eigenvalue weighted by atomic mass is 16.5. The van der Waals surface area contributed by atoms with E-state index in [4.69, 9.17) is 16.2 Å². The Bertz CT molecular complexity index is 409. The van der Waals surface area contributed by atoms with Crippen LogP contribution in [0.3, 0.4) is 0 Å². The molecule has 1 fully saturated rings. The van der Waals surface area contributed by atoms with Crippen LogP contribution >= 0.6 is 0 Å². The third-order valence-electron chi connectivity index (χ3n) is 3.48. The summed E-state index contributed by atoms with van der Waals surface area (Å²) < 4.78 is 5.14. The van der Waals surface area contributed by atoms with Gasteiger partial charge < -0.3 is 21.5 Å². The van der Waals surface area contributed by atoms with Gasteiger partial charge >= 0.3 is 5.97 Å². The fourth-order valence-electron chi connectivity index (χ4n) is 2.27. The number of hydrogen-bond acceptors (Lipinski definition) is 5. The van der Waals surface area contributed by atoms with Crippen molar-refractivity contribution < 1.29 is 19.1 Å². The number of rotatable bonds is 2. The third kappa shape index (κ3) is 6.12. The van der Waals surface area contributed by atoms with Crippen LogP contribution in [0, 0.1) is 5.92 Å². The first-order chi connectivity index (χ1) is 9.71. The van der Waals surface area contributed by atoms with Gasteiger partial charge in [-0.25, -0.2) is 0 Å². The molecule has 7 nitrogen and oxygen atoms in total. The Labute approximate surface area is 124 Å². The normalized spacial score (nSPS) is 27.8. The lowest BCUT2D eigenvalue weighted by atomic mass is 9.94. The van der Waals surface area contributed by atoms with Gasteiger partial charge in [-0.2, -0.15) is 0 Å². The summed E-state index contributed by atoms with van der Waals surface area (Å²) in [5.41, 5.74) is 10.2. The molecule has 0 saturated carbocycles. The molecule has 0 aromatic carbocycles. The molecule has 1 aliphatic rings. The summed E-state index contributed by atoms with van der Waals surface area (Å²) in [4.78, 5) is 35.0. The Hall–Kier alpha value is -1.63. The maximum atomic E-state index is 12.2. The molecule has 0 bridgehead atoms. The van der Waals surface area contributed by atoms with Gasteiger partial charge in [0.15, 0.2) is 0 Å². The summed E-state index contributed by atoms with van der Waals surface area (Å²) in [5.74, 6) is -1.64. The minimum atomic E-state index is -0.721. The van der Waals surface area contributed by atoms with E-state index in [0.717, 1.165) is 0 Å². The second-order valence-corrected chi connectivity index (χ2v) is 6.24. The molecule has 1 saturated heterocycles. The molecule has 2 atom stereocenters. The number of hydrogen-bond donors (Lipinski definition) is 3. The molecule has 0 spiro atoms. The summed E-state index contributed by atoms with van der Waals surface area (Å²) in [6, 6.07) is -0.648. The number of ether oxygens (including phenoxy) is 1.